The second-order valence-corrected chi connectivity index (χ2v) is 10.3. The lowest BCUT2D eigenvalue weighted by molar-refractivity contribution is 1.21. The first-order valence-corrected chi connectivity index (χ1v) is 13.0. The van der Waals surface area contributed by atoms with Crippen molar-refractivity contribution in [1.82, 2.24) is 0 Å². The van der Waals surface area contributed by atoms with Gasteiger partial charge in [-0.25, -0.2) is 0 Å². The highest BCUT2D eigenvalue weighted by atomic mass is 14.1. The van der Waals surface area contributed by atoms with Gasteiger partial charge in [-0.3, -0.25) is 0 Å². The van der Waals surface area contributed by atoms with Crippen LogP contribution in [0.2, 0.25) is 0 Å². The highest BCUT2D eigenvalue weighted by Crippen LogP contribution is 2.30. The highest BCUT2D eigenvalue weighted by Gasteiger charge is 2.06. The normalized spacial score (nSPS) is 11.9. The van der Waals surface area contributed by atoms with Gasteiger partial charge in [0.15, 0.2) is 0 Å². The Balaban J connectivity index is 1.18. The maximum Gasteiger partial charge on any atom is -0.00253 e. The van der Waals surface area contributed by atoms with Gasteiger partial charge in [-0.05, 0) is 131 Å². The molecule has 8 rings (SSSR count). The molecule has 0 saturated heterocycles. The van der Waals surface area contributed by atoms with E-state index in [2.05, 4.69) is 133 Å². The average Bonchev–Trinajstić information content (AvgIpc) is 2.92. The molecule has 0 radical (unpaired) electrons. The molecule has 0 aromatic heterocycles. The lowest BCUT2D eigenvalue weighted by Gasteiger charge is -2.09. The molecule has 0 saturated carbocycles. The second-order valence-electron chi connectivity index (χ2n) is 10.3. The van der Waals surface area contributed by atoms with E-state index >= 15 is 0 Å². The van der Waals surface area contributed by atoms with Crippen LogP contribution in [-0.4, -0.2) is 0 Å². The second kappa shape index (κ2) is 7.91. The molecule has 0 bridgehead atoms. The summed E-state index contributed by atoms with van der Waals surface area (Å²) in [5.74, 6) is 0. The molecule has 0 atom stereocenters. The third-order valence-corrected chi connectivity index (χ3v) is 7.86. The van der Waals surface area contributed by atoms with Crippen LogP contribution < -0.4 is 0 Å². The first-order valence-electron chi connectivity index (χ1n) is 13.0. The van der Waals surface area contributed by atoms with Crippen LogP contribution in [0.1, 0.15) is 11.1 Å². The van der Waals surface area contributed by atoms with E-state index in [0.29, 0.717) is 0 Å². The number of benzene rings is 8. The zero-order chi connectivity index (χ0) is 24.3. The lowest BCUT2D eigenvalue weighted by atomic mass is 9.95. The van der Waals surface area contributed by atoms with Gasteiger partial charge in [0.05, 0.1) is 0 Å². The molecule has 0 aliphatic rings. The van der Waals surface area contributed by atoms with E-state index in [1.54, 1.807) is 0 Å². The fourth-order valence-electron chi connectivity index (χ4n) is 5.94. The van der Waals surface area contributed by atoms with E-state index in [-0.39, 0.29) is 0 Å². The van der Waals surface area contributed by atoms with Crippen LogP contribution in [0.5, 0.6) is 0 Å². The predicted octanol–water partition coefficient (Wildman–Crippen LogP) is 10.2. The Morgan fingerprint density at radius 3 is 0.865 bits per heavy atom. The van der Waals surface area contributed by atoms with E-state index in [0.717, 1.165) is 6.42 Å². The molecular formula is C37H24. The van der Waals surface area contributed by atoms with Crippen LogP contribution in [0, 0.1) is 0 Å². The van der Waals surface area contributed by atoms with Crippen molar-refractivity contribution in [3.05, 3.63) is 145 Å². The topological polar surface area (TPSA) is 0 Å². The van der Waals surface area contributed by atoms with Gasteiger partial charge in [0.25, 0.3) is 0 Å². The van der Waals surface area contributed by atoms with E-state index in [1.165, 1.54) is 75.8 Å². The van der Waals surface area contributed by atoms with E-state index in [4.69, 9.17) is 0 Å². The van der Waals surface area contributed by atoms with E-state index in [9.17, 15) is 0 Å². The zero-order valence-corrected chi connectivity index (χ0v) is 20.4. The van der Waals surface area contributed by atoms with Crippen molar-refractivity contribution in [3.63, 3.8) is 0 Å². The zero-order valence-electron chi connectivity index (χ0n) is 20.4. The molecule has 0 heteroatoms. The van der Waals surface area contributed by atoms with Gasteiger partial charge in [-0.15, -0.1) is 0 Å². The molecule has 0 N–H and O–H groups in total. The fraction of sp³-hybridized carbons (Fsp3) is 0.0270. The summed E-state index contributed by atoms with van der Waals surface area (Å²) < 4.78 is 0. The van der Waals surface area contributed by atoms with Crippen molar-refractivity contribution in [1.29, 1.82) is 0 Å². The van der Waals surface area contributed by atoms with Crippen molar-refractivity contribution in [2.75, 3.05) is 0 Å². The molecule has 37 heavy (non-hydrogen) atoms. The van der Waals surface area contributed by atoms with Gasteiger partial charge >= 0.3 is 0 Å². The summed E-state index contributed by atoms with van der Waals surface area (Å²) in [4.78, 5) is 0. The SMILES string of the molecule is c1ccc2cc3cc4cc(Cc5ccc6cc7cc8ccccc8cc7cc6c5)ccc4cc3cc2c1. The monoisotopic (exact) mass is 468 g/mol. The molecule has 0 aliphatic carbocycles. The summed E-state index contributed by atoms with van der Waals surface area (Å²) in [6.45, 7) is 0. The minimum atomic E-state index is 0.928. The number of rotatable bonds is 2. The summed E-state index contributed by atoms with van der Waals surface area (Å²) in [6.07, 6.45) is 0.928. The van der Waals surface area contributed by atoms with Crippen LogP contribution in [0.3, 0.4) is 0 Å². The Morgan fingerprint density at radius 1 is 0.243 bits per heavy atom. The number of hydrogen-bond donors (Lipinski definition) is 0. The first kappa shape index (κ1) is 20.5. The molecule has 172 valence electrons. The maximum absolute atomic E-state index is 2.36. The Morgan fingerprint density at radius 2 is 0.514 bits per heavy atom. The molecule has 8 aromatic rings. The van der Waals surface area contributed by atoms with Crippen LogP contribution in [0.4, 0.5) is 0 Å². The molecule has 8 aromatic carbocycles. The largest absolute Gasteiger partial charge is 0.0616 e. The molecule has 0 aliphatic heterocycles. The van der Waals surface area contributed by atoms with Crippen molar-refractivity contribution in [2.24, 2.45) is 0 Å². The molecule has 0 nitrogen and oxygen atoms in total. The molecule has 0 unspecified atom stereocenters. The van der Waals surface area contributed by atoms with Crippen molar-refractivity contribution in [3.8, 4) is 0 Å². The molecular weight excluding hydrogens is 444 g/mol. The first-order chi connectivity index (χ1) is 18.2. The summed E-state index contributed by atoms with van der Waals surface area (Å²) in [7, 11) is 0. The van der Waals surface area contributed by atoms with Crippen molar-refractivity contribution < 1.29 is 0 Å². The minimum Gasteiger partial charge on any atom is -0.0616 e. The smallest absolute Gasteiger partial charge is 0.00253 e. The highest BCUT2D eigenvalue weighted by molar-refractivity contribution is 6.06. The Kier molecular flexibility index (Phi) is 4.39. The van der Waals surface area contributed by atoms with Gasteiger partial charge in [0.2, 0.25) is 0 Å². The summed E-state index contributed by atoms with van der Waals surface area (Å²) in [6, 6.07) is 49.6. The quantitative estimate of drug-likeness (QED) is 0.221. The van der Waals surface area contributed by atoms with Crippen molar-refractivity contribution in [2.45, 2.75) is 6.42 Å². The van der Waals surface area contributed by atoms with Gasteiger partial charge in [-0.1, -0.05) is 84.9 Å². The fourth-order valence-corrected chi connectivity index (χ4v) is 5.94. The van der Waals surface area contributed by atoms with Crippen LogP contribution in [0.25, 0.3) is 64.6 Å². The standard InChI is InChI=1S/C37H24/c1-3-7-28-18-36-22-32-14-24(9-11-30(32)20-34(36)16-26(28)5-1)13-25-10-12-31-21-35-17-27-6-2-4-8-29(27)19-37(35)23-33(31)15-25/h1-12,14-23H,13H2. The van der Waals surface area contributed by atoms with Gasteiger partial charge < -0.3 is 0 Å². The third kappa shape index (κ3) is 3.53. The summed E-state index contributed by atoms with van der Waals surface area (Å²) >= 11 is 0. The van der Waals surface area contributed by atoms with E-state index in [1.807, 2.05) is 0 Å². The van der Waals surface area contributed by atoms with E-state index < -0.39 is 0 Å². The third-order valence-electron chi connectivity index (χ3n) is 7.86. The average molecular weight is 469 g/mol. The summed E-state index contributed by atoms with van der Waals surface area (Å²) in [5.41, 5.74) is 2.69. The molecule has 0 spiro atoms. The summed E-state index contributed by atoms with van der Waals surface area (Å²) in [5, 5.41) is 15.6. The minimum absolute atomic E-state index is 0.928. The molecule has 0 fully saturated rings. The van der Waals surface area contributed by atoms with Gasteiger partial charge in [0, 0.05) is 0 Å². The van der Waals surface area contributed by atoms with Crippen molar-refractivity contribution >= 4 is 64.6 Å². The lowest BCUT2D eigenvalue weighted by Crippen LogP contribution is -1.89. The van der Waals surface area contributed by atoms with Crippen LogP contribution in [0.15, 0.2) is 133 Å². The van der Waals surface area contributed by atoms with Crippen LogP contribution >= 0.6 is 0 Å². The number of fused-ring (bicyclic) bond motifs is 6. The van der Waals surface area contributed by atoms with Crippen LogP contribution in [-0.2, 0) is 6.42 Å². The Bertz CT molecular complexity index is 2010. The predicted molar refractivity (Wildman–Crippen MR) is 161 cm³/mol. The molecule has 0 heterocycles. The molecule has 0 amide bonds. The maximum atomic E-state index is 2.36. The Labute approximate surface area is 215 Å². The van der Waals surface area contributed by atoms with Gasteiger partial charge in [-0.2, -0.15) is 0 Å². The number of hydrogen-bond acceptors (Lipinski definition) is 0. The Hall–Kier alpha value is -4.68. The van der Waals surface area contributed by atoms with Gasteiger partial charge in [0.1, 0.15) is 0 Å².